The number of nitrogens with one attached hydrogen (secondary N) is 2. The molecule has 0 aliphatic carbocycles. The highest BCUT2D eigenvalue weighted by Crippen LogP contribution is 2.10. The summed E-state index contributed by atoms with van der Waals surface area (Å²) in [6.45, 7) is 0.857. The second kappa shape index (κ2) is 7.31. The van der Waals surface area contributed by atoms with Gasteiger partial charge in [-0.3, -0.25) is 10.1 Å². The van der Waals surface area contributed by atoms with Crippen molar-refractivity contribution in [3.8, 4) is 0 Å². The van der Waals surface area contributed by atoms with Gasteiger partial charge in [0.05, 0.1) is 11.5 Å². The van der Waals surface area contributed by atoms with E-state index in [1.54, 1.807) is 6.92 Å². The van der Waals surface area contributed by atoms with E-state index in [1.165, 1.54) is 24.3 Å². The highest BCUT2D eigenvalue weighted by Gasteiger charge is 2.29. The highest BCUT2D eigenvalue weighted by atomic mass is 32.2. The zero-order valence-electron chi connectivity index (χ0n) is 11.6. The standard InChI is InChI=1S/C12H16N2O7S/c1-7-2-4-8(5-3-7)22(20,21)14-10(12(18)19)13-9(6-15)11(16)17/h2-5,9-10,13-15H,6H2,1H3,(H,16,17)(H,18,19)/t9-,10?/m1/s1. The van der Waals surface area contributed by atoms with Crippen molar-refractivity contribution in [1.82, 2.24) is 10.0 Å². The number of carboxylic acid groups (broad SMARTS) is 2. The van der Waals surface area contributed by atoms with Crippen LogP contribution in [-0.4, -0.2) is 54.5 Å². The smallest absolute Gasteiger partial charge is 0.336 e. The lowest BCUT2D eigenvalue weighted by Gasteiger charge is -2.19. The van der Waals surface area contributed by atoms with Crippen LogP contribution in [0.15, 0.2) is 29.2 Å². The minimum Gasteiger partial charge on any atom is -0.480 e. The monoisotopic (exact) mass is 332 g/mol. The lowest BCUT2D eigenvalue weighted by Crippen LogP contribution is -2.57. The molecule has 1 rings (SSSR count). The van der Waals surface area contributed by atoms with Gasteiger partial charge in [0, 0.05) is 0 Å². The van der Waals surface area contributed by atoms with E-state index < -0.39 is 40.8 Å². The number of aliphatic hydroxyl groups is 1. The first-order valence-corrected chi connectivity index (χ1v) is 7.57. The molecule has 122 valence electrons. The van der Waals surface area contributed by atoms with Crippen molar-refractivity contribution in [2.24, 2.45) is 0 Å². The minimum absolute atomic E-state index is 0.165. The quantitative estimate of drug-likeness (QED) is 0.369. The molecule has 1 aromatic rings. The van der Waals surface area contributed by atoms with Gasteiger partial charge < -0.3 is 15.3 Å². The van der Waals surface area contributed by atoms with Gasteiger partial charge in [0.1, 0.15) is 6.04 Å². The van der Waals surface area contributed by atoms with Crippen molar-refractivity contribution >= 4 is 22.0 Å². The van der Waals surface area contributed by atoms with E-state index in [2.05, 4.69) is 0 Å². The summed E-state index contributed by atoms with van der Waals surface area (Å²) >= 11 is 0. The topological polar surface area (TPSA) is 153 Å². The van der Waals surface area contributed by atoms with Gasteiger partial charge in [-0.25, -0.2) is 13.2 Å². The van der Waals surface area contributed by atoms with E-state index in [9.17, 15) is 18.0 Å². The predicted octanol–water partition coefficient (Wildman–Crippen LogP) is -1.28. The van der Waals surface area contributed by atoms with Crippen LogP contribution in [0.2, 0.25) is 0 Å². The van der Waals surface area contributed by atoms with Crippen molar-refractivity contribution in [1.29, 1.82) is 0 Å². The SMILES string of the molecule is Cc1ccc(S(=O)(=O)NC(N[C@H](CO)C(=O)O)C(=O)O)cc1. The molecule has 1 aromatic carbocycles. The zero-order chi connectivity index (χ0) is 16.9. The Kier molecular flexibility index (Phi) is 6.00. The number of rotatable bonds is 8. The maximum Gasteiger partial charge on any atom is 0.336 e. The molecule has 0 aromatic heterocycles. The average Bonchev–Trinajstić information content (AvgIpc) is 2.43. The lowest BCUT2D eigenvalue weighted by atomic mass is 10.2. The van der Waals surface area contributed by atoms with Gasteiger partial charge in [-0.15, -0.1) is 0 Å². The Labute approximate surface area is 126 Å². The molecule has 0 aliphatic heterocycles. The number of hydrogen-bond donors (Lipinski definition) is 5. The van der Waals surface area contributed by atoms with Crippen LogP contribution in [0.4, 0.5) is 0 Å². The Morgan fingerprint density at radius 1 is 1.14 bits per heavy atom. The molecule has 22 heavy (non-hydrogen) atoms. The first-order chi connectivity index (χ1) is 10.2. The molecular formula is C12H16N2O7S. The predicted molar refractivity (Wildman–Crippen MR) is 74.6 cm³/mol. The maximum absolute atomic E-state index is 12.1. The van der Waals surface area contributed by atoms with Crippen LogP contribution in [0, 0.1) is 6.92 Å². The molecule has 9 nitrogen and oxygen atoms in total. The number of aryl methyl sites for hydroxylation is 1. The van der Waals surface area contributed by atoms with Crippen LogP contribution in [0.3, 0.4) is 0 Å². The highest BCUT2D eigenvalue weighted by molar-refractivity contribution is 7.89. The molecule has 0 saturated carbocycles. The molecule has 0 heterocycles. The fraction of sp³-hybridized carbons (Fsp3) is 0.333. The number of carboxylic acids is 2. The summed E-state index contributed by atoms with van der Waals surface area (Å²) in [6, 6.07) is 4.02. The maximum atomic E-state index is 12.1. The molecule has 5 N–H and O–H groups in total. The van der Waals surface area contributed by atoms with Gasteiger partial charge in [0.25, 0.3) is 0 Å². The van der Waals surface area contributed by atoms with Crippen molar-refractivity contribution in [2.45, 2.75) is 24.0 Å². The fourth-order valence-electron chi connectivity index (χ4n) is 1.50. The Hall–Kier alpha value is -2.01. The molecule has 0 spiro atoms. The summed E-state index contributed by atoms with van der Waals surface area (Å²) in [5, 5.41) is 28.6. The van der Waals surface area contributed by atoms with Crippen LogP contribution < -0.4 is 10.0 Å². The van der Waals surface area contributed by atoms with Crippen LogP contribution >= 0.6 is 0 Å². The Morgan fingerprint density at radius 3 is 2.09 bits per heavy atom. The van der Waals surface area contributed by atoms with Crippen LogP contribution in [-0.2, 0) is 19.6 Å². The van der Waals surface area contributed by atoms with Crippen molar-refractivity contribution in [3.05, 3.63) is 29.8 Å². The second-order valence-electron chi connectivity index (χ2n) is 4.45. The number of sulfonamides is 1. The van der Waals surface area contributed by atoms with Gasteiger partial charge in [-0.2, -0.15) is 4.72 Å². The third-order valence-electron chi connectivity index (χ3n) is 2.70. The zero-order valence-corrected chi connectivity index (χ0v) is 12.4. The largest absolute Gasteiger partial charge is 0.480 e. The third kappa shape index (κ3) is 4.77. The van der Waals surface area contributed by atoms with Gasteiger partial charge in [-0.1, -0.05) is 17.7 Å². The molecule has 0 radical (unpaired) electrons. The molecule has 0 saturated heterocycles. The molecule has 0 fully saturated rings. The molecular weight excluding hydrogens is 316 g/mol. The molecule has 0 amide bonds. The van der Waals surface area contributed by atoms with Gasteiger partial charge in [-0.05, 0) is 19.1 Å². The normalized spacial score (nSPS) is 14.3. The van der Waals surface area contributed by atoms with E-state index >= 15 is 0 Å². The molecule has 1 unspecified atom stereocenters. The van der Waals surface area contributed by atoms with Crippen molar-refractivity contribution in [3.63, 3.8) is 0 Å². The summed E-state index contributed by atoms with van der Waals surface area (Å²) in [6.07, 6.45) is -1.90. The fourth-order valence-corrected chi connectivity index (χ4v) is 2.61. The molecule has 0 bridgehead atoms. The van der Waals surface area contributed by atoms with Gasteiger partial charge in [0.2, 0.25) is 10.0 Å². The number of aliphatic carboxylic acids is 2. The average molecular weight is 332 g/mol. The summed E-state index contributed by atoms with van der Waals surface area (Å²) in [7, 11) is -4.17. The third-order valence-corrected chi connectivity index (χ3v) is 4.14. The second-order valence-corrected chi connectivity index (χ2v) is 6.16. The summed E-state index contributed by atoms with van der Waals surface area (Å²) in [4.78, 5) is 21.7. The van der Waals surface area contributed by atoms with Crippen molar-refractivity contribution < 1.29 is 33.3 Å². The molecule has 10 heteroatoms. The summed E-state index contributed by atoms with van der Waals surface area (Å²) in [5.74, 6) is -3.14. The van der Waals surface area contributed by atoms with Crippen LogP contribution in [0.5, 0.6) is 0 Å². The summed E-state index contributed by atoms with van der Waals surface area (Å²) < 4.78 is 26.0. The van der Waals surface area contributed by atoms with E-state index in [0.29, 0.717) is 0 Å². The minimum atomic E-state index is -4.17. The number of carbonyl (C=O) groups is 2. The Bertz CT molecular complexity index is 642. The van der Waals surface area contributed by atoms with E-state index in [1.807, 2.05) is 10.0 Å². The Morgan fingerprint density at radius 2 is 1.68 bits per heavy atom. The summed E-state index contributed by atoms with van der Waals surface area (Å²) in [5.41, 5.74) is 0.818. The van der Waals surface area contributed by atoms with Crippen LogP contribution in [0.25, 0.3) is 0 Å². The van der Waals surface area contributed by atoms with Gasteiger partial charge >= 0.3 is 11.9 Å². The van der Waals surface area contributed by atoms with E-state index in [0.717, 1.165) is 5.56 Å². The number of benzene rings is 1. The van der Waals surface area contributed by atoms with E-state index in [4.69, 9.17) is 15.3 Å². The van der Waals surface area contributed by atoms with E-state index in [-0.39, 0.29) is 4.90 Å². The lowest BCUT2D eigenvalue weighted by molar-refractivity contribution is -0.143. The number of hydrogen-bond acceptors (Lipinski definition) is 6. The van der Waals surface area contributed by atoms with Gasteiger partial charge in [0.15, 0.2) is 6.17 Å². The number of aliphatic hydroxyl groups excluding tert-OH is 1. The van der Waals surface area contributed by atoms with Crippen molar-refractivity contribution in [2.75, 3.05) is 6.61 Å². The van der Waals surface area contributed by atoms with Crippen LogP contribution in [0.1, 0.15) is 5.56 Å². The molecule has 2 atom stereocenters. The first-order valence-electron chi connectivity index (χ1n) is 6.09. The Balaban J connectivity index is 2.97. The molecule has 0 aliphatic rings. The first kappa shape index (κ1) is 18.0.